The number of hydrogen-bond acceptors (Lipinski definition) is 4. The van der Waals surface area contributed by atoms with Crippen molar-refractivity contribution in [2.24, 2.45) is 0 Å². The topological polar surface area (TPSA) is 76.5 Å². The standard InChI is InChI=1S/C22H22FIN4O3/c1-22(2,3)31-21(30)28-18-11-17-14(10-16(18)19(24)26-28)8-9-27(20(29)25-17)12-13-4-6-15(23)7-5-13/h4-7,10-11H,8-9,12H2,1-3H3,(H,25,29). The second kappa shape index (κ2) is 8.10. The number of nitrogens with one attached hydrogen (secondary N) is 1. The summed E-state index contributed by atoms with van der Waals surface area (Å²) in [5.74, 6) is -0.309. The number of halogens is 2. The van der Waals surface area contributed by atoms with Gasteiger partial charge in [-0.25, -0.2) is 14.0 Å². The van der Waals surface area contributed by atoms with Gasteiger partial charge in [0.05, 0.1) is 5.52 Å². The summed E-state index contributed by atoms with van der Waals surface area (Å²) < 4.78 is 20.5. The summed E-state index contributed by atoms with van der Waals surface area (Å²) >= 11 is 2.09. The van der Waals surface area contributed by atoms with E-state index < -0.39 is 11.7 Å². The molecule has 4 rings (SSSR count). The van der Waals surface area contributed by atoms with Crippen molar-refractivity contribution in [2.75, 3.05) is 11.9 Å². The van der Waals surface area contributed by atoms with Crippen molar-refractivity contribution in [1.29, 1.82) is 0 Å². The Bertz CT molecular complexity index is 1170. The monoisotopic (exact) mass is 536 g/mol. The molecule has 1 aliphatic rings. The smallest absolute Gasteiger partial charge is 0.435 e. The Kier molecular flexibility index (Phi) is 5.63. The molecule has 3 aromatic rings. The van der Waals surface area contributed by atoms with Gasteiger partial charge in [0.25, 0.3) is 0 Å². The molecule has 0 unspecified atom stereocenters. The van der Waals surface area contributed by atoms with Gasteiger partial charge in [0.1, 0.15) is 15.1 Å². The third-order valence-electron chi connectivity index (χ3n) is 4.89. The number of carbonyl (C=O) groups excluding carboxylic acids is 2. The summed E-state index contributed by atoms with van der Waals surface area (Å²) in [4.78, 5) is 27.1. The molecule has 9 heteroatoms. The van der Waals surface area contributed by atoms with E-state index in [0.717, 1.165) is 16.5 Å². The molecule has 0 atom stereocenters. The van der Waals surface area contributed by atoms with Crippen LogP contribution in [0.15, 0.2) is 36.4 Å². The van der Waals surface area contributed by atoms with Gasteiger partial charge in [-0.15, -0.1) is 0 Å². The highest BCUT2D eigenvalue weighted by molar-refractivity contribution is 14.1. The Balaban J connectivity index is 1.63. The molecular formula is C22H22FIN4O3. The van der Waals surface area contributed by atoms with Gasteiger partial charge in [-0.05, 0) is 85.2 Å². The van der Waals surface area contributed by atoms with E-state index >= 15 is 0 Å². The number of fused-ring (bicyclic) bond motifs is 2. The van der Waals surface area contributed by atoms with Gasteiger partial charge in [-0.3, -0.25) is 0 Å². The average Bonchev–Trinajstić information content (AvgIpc) is 2.92. The SMILES string of the molecule is CC(C)(C)OC(=O)n1nc(I)c2cc3c(cc21)NC(=O)N(Cc1ccc(F)cc1)CC3. The quantitative estimate of drug-likeness (QED) is 0.460. The number of hydrogen-bond donors (Lipinski definition) is 1. The van der Waals surface area contributed by atoms with Crippen molar-refractivity contribution in [1.82, 2.24) is 14.7 Å². The van der Waals surface area contributed by atoms with Crippen LogP contribution >= 0.6 is 22.6 Å². The molecule has 1 aliphatic heterocycles. The lowest BCUT2D eigenvalue weighted by atomic mass is 10.1. The van der Waals surface area contributed by atoms with Crippen molar-refractivity contribution in [3.8, 4) is 0 Å². The molecule has 2 heterocycles. The highest BCUT2D eigenvalue weighted by Gasteiger charge is 2.25. The molecule has 0 saturated carbocycles. The lowest BCUT2D eigenvalue weighted by molar-refractivity contribution is 0.0522. The molecule has 0 aliphatic carbocycles. The summed E-state index contributed by atoms with van der Waals surface area (Å²) in [5, 5.41) is 8.10. The zero-order chi connectivity index (χ0) is 22.3. The Morgan fingerprint density at radius 3 is 2.65 bits per heavy atom. The maximum Gasteiger partial charge on any atom is 0.435 e. The normalized spacial score (nSPS) is 14.2. The largest absolute Gasteiger partial charge is 0.442 e. The zero-order valence-electron chi connectivity index (χ0n) is 17.4. The number of carbonyl (C=O) groups is 2. The molecule has 2 aromatic carbocycles. The van der Waals surface area contributed by atoms with E-state index in [-0.39, 0.29) is 11.8 Å². The van der Waals surface area contributed by atoms with E-state index in [9.17, 15) is 14.0 Å². The van der Waals surface area contributed by atoms with E-state index in [4.69, 9.17) is 4.74 Å². The van der Waals surface area contributed by atoms with Crippen LogP contribution in [0.3, 0.4) is 0 Å². The minimum atomic E-state index is -0.651. The highest BCUT2D eigenvalue weighted by atomic mass is 127. The lowest BCUT2D eigenvalue weighted by Crippen LogP contribution is -2.34. The third kappa shape index (κ3) is 4.65. The molecule has 0 spiro atoms. The van der Waals surface area contributed by atoms with Crippen molar-refractivity contribution in [3.05, 3.63) is 57.0 Å². The number of ether oxygens (including phenoxy) is 1. The summed E-state index contributed by atoms with van der Waals surface area (Å²) in [6.45, 7) is 6.28. The van der Waals surface area contributed by atoms with E-state index in [0.29, 0.717) is 34.4 Å². The Hall–Kier alpha value is -2.69. The first kappa shape index (κ1) is 21.5. The summed E-state index contributed by atoms with van der Waals surface area (Å²) in [6, 6.07) is 9.60. The highest BCUT2D eigenvalue weighted by Crippen LogP contribution is 2.30. The Morgan fingerprint density at radius 1 is 1.26 bits per heavy atom. The van der Waals surface area contributed by atoms with Crippen LogP contribution in [0.5, 0.6) is 0 Å². The molecule has 1 N–H and O–H groups in total. The second-order valence-corrected chi connectivity index (χ2v) is 9.46. The molecule has 0 radical (unpaired) electrons. The molecule has 1 aromatic heterocycles. The van der Waals surface area contributed by atoms with Crippen LogP contribution in [0.2, 0.25) is 0 Å². The van der Waals surface area contributed by atoms with Crippen LogP contribution in [0.25, 0.3) is 10.9 Å². The Morgan fingerprint density at radius 2 is 1.97 bits per heavy atom. The van der Waals surface area contributed by atoms with Crippen LogP contribution in [0, 0.1) is 9.52 Å². The van der Waals surface area contributed by atoms with Gasteiger partial charge >= 0.3 is 12.1 Å². The molecular weight excluding hydrogens is 514 g/mol. The summed E-state index contributed by atoms with van der Waals surface area (Å²) in [6.07, 6.45) is 0.0667. The van der Waals surface area contributed by atoms with Gasteiger partial charge in [-0.2, -0.15) is 9.78 Å². The van der Waals surface area contributed by atoms with Crippen LogP contribution < -0.4 is 5.32 Å². The van der Waals surface area contributed by atoms with Crippen molar-refractivity contribution in [3.63, 3.8) is 0 Å². The predicted molar refractivity (Wildman–Crippen MR) is 124 cm³/mol. The molecule has 162 valence electrons. The Labute approximate surface area is 192 Å². The van der Waals surface area contributed by atoms with Gasteiger partial charge in [0.15, 0.2) is 0 Å². The molecule has 0 bridgehead atoms. The summed E-state index contributed by atoms with van der Waals surface area (Å²) in [7, 11) is 0. The first-order valence-electron chi connectivity index (χ1n) is 9.85. The lowest BCUT2D eigenvalue weighted by Gasteiger charge is -2.20. The number of rotatable bonds is 2. The fourth-order valence-electron chi connectivity index (χ4n) is 3.45. The maximum atomic E-state index is 13.2. The third-order valence-corrected chi connectivity index (χ3v) is 5.69. The van der Waals surface area contributed by atoms with Crippen LogP contribution in [-0.4, -0.2) is 39.0 Å². The van der Waals surface area contributed by atoms with Crippen molar-refractivity contribution < 1.29 is 18.7 Å². The minimum Gasteiger partial charge on any atom is -0.442 e. The number of benzene rings is 2. The van der Waals surface area contributed by atoms with Crippen LogP contribution in [0.4, 0.5) is 19.7 Å². The molecule has 7 nitrogen and oxygen atoms in total. The van der Waals surface area contributed by atoms with Gasteiger partial charge < -0.3 is 15.0 Å². The minimum absolute atomic E-state index is 0.250. The number of urea groups is 1. The summed E-state index contributed by atoms with van der Waals surface area (Å²) in [5.41, 5.74) is 2.37. The van der Waals surface area contributed by atoms with E-state index in [1.54, 1.807) is 43.9 Å². The molecule has 0 saturated heterocycles. The molecule has 31 heavy (non-hydrogen) atoms. The van der Waals surface area contributed by atoms with Gasteiger partial charge in [0.2, 0.25) is 0 Å². The van der Waals surface area contributed by atoms with Crippen molar-refractivity contribution in [2.45, 2.75) is 39.3 Å². The first-order chi connectivity index (χ1) is 14.6. The number of nitrogens with zero attached hydrogens (tertiary/aromatic N) is 3. The number of amides is 2. The van der Waals surface area contributed by atoms with E-state index in [1.807, 2.05) is 6.07 Å². The van der Waals surface area contributed by atoms with E-state index in [2.05, 4.69) is 33.0 Å². The van der Waals surface area contributed by atoms with Crippen LogP contribution in [0.1, 0.15) is 31.9 Å². The fourth-order valence-corrected chi connectivity index (χ4v) is 4.10. The van der Waals surface area contributed by atoms with Gasteiger partial charge in [0, 0.05) is 24.2 Å². The molecule has 0 fully saturated rings. The van der Waals surface area contributed by atoms with E-state index in [1.165, 1.54) is 16.8 Å². The molecule has 2 amide bonds. The van der Waals surface area contributed by atoms with Gasteiger partial charge in [-0.1, -0.05) is 12.1 Å². The number of aromatic nitrogens is 2. The average molecular weight is 536 g/mol. The maximum absolute atomic E-state index is 13.2. The van der Waals surface area contributed by atoms with Crippen molar-refractivity contribution >= 4 is 51.3 Å². The first-order valence-corrected chi connectivity index (χ1v) is 10.9. The fraction of sp³-hybridized carbons (Fsp3) is 0.318. The van der Waals surface area contributed by atoms with Crippen LogP contribution in [-0.2, 0) is 17.7 Å². The zero-order valence-corrected chi connectivity index (χ0v) is 19.6. The second-order valence-electron chi connectivity index (χ2n) is 8.44. The predicted octanol–water partition coefficient (Wildman–Crippen LogP) is 5.15. The number of anilines is 1.